The van der Waals surface area contributed by atoms with Crippen LogP contribution < -0.4 is 5.43 Å². The minimum absolute atomic E-state index is 0.687. The van der Waals surface area contributed by atoms with Gasteiger partial charge in [0.2, 0.25) is 0 Å². The lowest BCUT2D eigenvalue weighted by atomic mass is 10.2. The minimum Gasteiger partial charge on any atom is -0.354 e. The predicted octanol–water partition coefficient (Wildman–Crippen LogP) is 3.18. The molecule has 3 rings (SSSR count). The number of nitrogens with zero attached hydrogens (tertiary/aromatic N) is 2. The highest BCUT2D eigenvalue weighted by molar-refractivity contribution is 7.80. The number of rotatable bonds is 1. The summed E-state index contributed by atoms with van der Waals surface area (Å²) in [6.07, 6.45) is 0. The van der Waals surface area contributed by atoms with Crippen molar-refractivity contribution >= 4 is 39.1 Å². The Balaban J connectivity index is 2.28. The van der Waals surface area contributed by atoms with Gasteiger partial charge in [-0.2, -0.15) is 0 Å². The fraction of sp³-hybridized carbons (Fsp3) is 0.133. The molecule has 0 saturated heterocycles. The first-order chi connectivity index (χ1) is 9.18. The van der Waals surface area contributed by atoms with Crippen LogP contribution in [0.1, 0.15) is 0 Å². The van der Waals surface area contributed by atoms with Crippen LogP contribution in [0.3, 0.4) is 0 Å². The molecule has 2 aromatic carbocycles. The largest absolute Gasteiger partial charge is 0.354 e. The third-order valence-electron chi connectivity index (χ3n) is 3.19. The molecule has 19 heavy (non-hydrogen) atoms. The fourth-order valence-electron chi connectivity index (χ4n) is 2.24. The van der Waals surface area contributed by atoms with Gasteiger partial charge in [0.1, 0.15) is 0 Å². The van der Waals surface area contributed by atoms with E-state index in [4.69, 9.17) is 12.2 Å². The lowest BCUT2D eigenvalue weighted by molar-refractivity contribution is 0.626. The van der Waals surface area contributed by atoms with Crippen LogP contribution in [0.25, 0.3) is 21.8 Å². The Morgan fingerprint density at radius 3 is 1.89 bits per heavy atom. The Morgan fingerprint density at radius 1 is 0.947 bits per heavy atom. The summed E-state index contributed by atoms with van der Waals surface area (Å²) in [5.74, 6) is 0. The van der Waals surface area contributed by atoms with Crippen LogP contribution in [0.4, 0.5) is 0 Å². The van der Waals surface area contributed by atoms with Crippen molar-refractivity contribution in [1.82, 2.24) is 9.58 Å². The van der Waals surface area contributed by atoms with Crippen molar-refractivity contribution in [2.75, 3.05) is 19.5 Å². The summed E-state index contributed by atoms with van der Waals surface area (Å²) >= 11 is 5.35. The molecule has 0 radical (unpaired) electrons. The van der Waals surface area contributed by atoms with Crippen molar-refractivity contribution in [2.24, 2.45) is 0 Å². The van der Waals surface area contributed by atoms with Crippen LogP contribution in [-0.4, -0.2) is 28.8 Å². The number of benzene rings is 2. The number of para-hydroxylation sites is 2. The smallest absolute Gasteiger partial charge is 0.187 e. The molecule has 3 nitrogen and oxygen atoms in total. The van der Waals surface area contributed by atoms with Gasteiger partial charge in [-0.05, 0) is 24.4 Å². The maximum atomic E-state index is 5.35. The first-order valence-corrected chi connectivity index (χ1v) is 6.56. The molecular weight excluding hydrogens is 254 g/mol. The van der Waals surface area contributed by atoms with E-state index in [-0.39, 0.29) is 0 Å². The standard InChI is InChI=1S/C15H15N3S/c1-17(2)15(19)16-18-13-9-5-3-7-11(13)12-8-4-6-10-14(12)18/h3-10H,1-2H3,(H,16,19). The van der Waals surface area contributed by atoms with Gasteiger partial charge < -0.3 is 4.90 Å². The highest BCUT2D eigenvalue weighted by Gasteiger charge is 2.10. The van der Waals surface area contributed by atoms with E-state index in [9.17, 15) is 0 Å². The Morgan fingerprint density at radius 2 is 1.42 bits per heavy atom. The van der Waals surface area contributed by atoms with Crippen molar-refractivity contribution in [2.45, 2.75) is 0 Å². The van der Waals surface area contributed by atoms with E-state index in [1.54, 1.807) is 0 Å². The van der Waals surface area contributed by atoms with Gasteiger partial charge in [-0.3, -0.25) is 10.1 Å². The first-order valence-electron chi connectivity index (χ1n) is 6.15. The van der Waals surface area contributed by atoms with Crippen LogP contribution in [-0.2, 0) is 0 Å². The van der Waals surface area contributed by atoms with Crippen molar-refractivity contribution < 1.29 is 0 Å². The number of nitrogens with one attached hydrogen (secondary N) is 1. The van der Waals surface area contributed by atoms with Crippen LogP contribution in [0.5, 0.6) is 0 Å². The van der Waals surface area contributed by atoms with Gasteiger partial charge in [-0.1, -0.05) is 36.4 Å². The highest BCUT2D eigenvalue weighted by atomic mass is 32.1. The Labute approximate surface area is 117 Å². The Kier molecular flexibility index (Phi) is 2.87. The van der Waals surface area contributed by atoms with Crippen LogP contribution in [0.2, 0.25) is 0 Å². The Hall–Kier alpha value is -2.07. The molecule has 0 aliphatic carbocycles. The number of hydrogen-bond acceptors (Lipinski definition) is 1. The lowest BCUT2D eigenvalue weighted by Gasteiger charge is -2.17. The molecule has 1 aromatic heterocycles. The zero-order valence-corrected chi connectivity index (χ0v) is 11.7. The monoisotopic (exact) mass is 269 g/mol. The molecule has 0 aliphatic rings. The minimum atomic E-state index is 0.687. The van der Waals surface area contributed by atoms with Gasteiger partial charge in [0.15, 0.2) is 5.11 Å². The molecule has 4 heteroatoms. The number of aromatic nitrogens is 1. The fourth-order valence-corrected chi connectivity index (χ4v) is 2.33. The van der Waals surface area contributed by atoms with Crippen molar-refractivity contribution in [3.63, 3.8) is 0 Å². The molecule has 0 unspecified atom stereocenters. The van der Waals surface area contributed by atoms with E-state index in [0.717, 1.165) is 11.0 Å². The van der Waals surface area contributed by atoms with E-state index >= 15 is 0 Å². The predicted molar refractivity (Wildman–Crippen MR) is 85.1 cm³/mol. The molecular formula is C15H15N3S. The molecule has 0 saturated carbocycles. The van der Waals surface area contributed by atoms with E-state index < -0.39 is 0 Å². The summed E-state index contributed by atoms with van der Waals surface area (Å²) in [7, 11) is 3.87. The average molecular weight is 269 g/mol. The molecule has 96 valence electrons. The maximum Gasteiger partial charge on any atom is 0.187 e. The molecule has 0 aliphatic heterocycles. The quantitative estimate of drug-likeness (QED) is 0.685. The van der Waals surface area contributed by atoms with Gasteiger partial charge in [-0.15, -0.1) is 0 Å². The topological polar surface area (TPSA) is 20.2 Å². The summed E-state index contributed by atoms with van der Waals surface area (Å²) in [5.41, 5.74) is 5.55. The van der Waals surface area contributed by atoms with Gasteiger partial charge >= 0.3 is 0 Å². The van der Waals surface area contributed by atoms with E-state index in [1.807, 2.05) is 35.8 Å². The molecule has 0 bridgehead atoms. The van der Waals surface area contributed by atoms with E-state index in [1.165, 1.54) is 10.8 Å². The Bertz CT molecular complexity index is 705. The van der Waals surface area contributed by atoms with Gasteiger partial charge in [0.25, 0.3) is 0 Å². The second kappa shape index (κ2) is 4.55. The van der Waals surface area contributed by atoms with Crippen molar-refractivity contribution in [3.8, 4) is 0 Å². The van der Waals surface area contributed by atoms with Crippen molar-refractivity contribution in [3.05, 3.63) is 48.5 Å². The number of hydrogen-bond donors (Lipinski definition) is 1. The average Bonchev–Trinajstić information content (AvgIpc) is 2.74. The van der Waals surface area contributed by atoms with Crippen LogP contribution >= 0.6 is 12.2 Å². The summed E-state index contributed by atoms with van der Waals surface area (Å²) in [6, 6.07) is 16.7. The molecule has 3 aromatic rings. The molecule has 0 atom stereocenters. The molecule has 0 fully saturated rings. The third-order valence-corrected chi connectivity index (χ3v) is 3.65. The van der Waals surface area contributed by atoms with Gasteiger partial charge in [0, 0.05) is 24.9 Å². The second-order valence-corrected chi connectivity index (χ2v) is 5.07. The molecule has 0 amide bonds. The highest BCUT2D eigenvalue weighted by Crippen LogP contribution is 2.27. The molecule has 1 N–H and O–H groups in total. The van der Waals surface area contributed by atoms with Crippen LogP contribution in [0.15, 0.2) is 48.5 Å². The molecule has 0 spiro atoms. The first kappa shape index (κ1) is 12.0. The summed E-state index contributed by atoms with van der Waals surface area (Å²) in [4.78, 5) is 1.89. The van der Waals surface area contributed by atoms with Crippen molar-refractivity contribution in [1.29, 1.82) is 0 Å². The second-order valence-electron chi connectivity index (χ2n) is 4.68. The number of fused-ring (bicyclic) bond motifs is 3. The zero-order valence-electron chi connectivity index (χ0n) is 10.9. The normalized spacial score (nSPS) is 10.8. The molecule has 1 heterocycles. The lowest BCUT2D eigenvalue weighted by Crippen LogP contribution is -2.32. The SMILES string of the molecule is CN(C)C(=S)Nn1c2ccccc2c2ccccc21. The van der Waals surface area contributed by atoms with Gasteiger partial charge in [0.05, 0.1) is 11.0 Å². The van der Waals surface area contributed by atoms with E-state index in [2.05, 4.69) is 41.8 Å². The number of thiocarbonyl (C=S) groups is 1. The summed E-state index contributed by atoms with van der Waals surface area (Å²) < 4.78 is 2.05. The maximum absolute atomic E-state index is 5.35. The van der Waals surface area contributed by atoms with E-state index in [0.29, 0.717) is 5.11 Å². The zero-order chi connectivity index (χ0) is 13.4. The third kappa shape index (κ3) is 1.94. The van der Waals surface area contributed by atoms with Gasteiger partial charge in [-0.25, -0.2) is 0 Å². The van der Waals surface area contributed by atoms with Crippen LogP contribution in [0, 0.1) is 0 Å². The summed E-state index contributed by atoms with van der Waals surface area (Å²) in [5, 5.41) is 3.14. The summed E-state index contributed by atoms with van der Waals surface area (Å²) in [6.45, 7) is 0.